The molecule has 0 bridgehead atoms. The SMILES string of the molecule is CCC1CCC(CCC2CCC(C3CCC(CO)CC3CC)C(CC)C2)CC1. The average Bonchev–Trinajstić information content (AvgIpc) is 2.77. The van der Waals surface area contributed by atoms with Crippen molar-refractivity contribution in [3.05, 3.63) is 0 Å². The molecule has 3 aliphatic rings. The molecule has 0 saturated heterocycles. The van der Waals surface area contributed by atoms with Crippen LogP contribution < -0.4 is 0 Å². The maximum Gasteiger partial charge on any atom is 0.0459 e. The minimum Gasteiger partial charge on any atom is -0.396 e. The summed E-state index contributed by atoms with van der Waals surface area (Å²) < 4.78 is 0. The van der Waals surface area contributed by atoms with E-state index in [1.165, 1.54) is 96.3 Å². The Labute approximate surface area is 176 Å². The van der Waals surface area contributed by atoms with Gasteiger partial charge < -0.3 is 5.11 Å². The fraction of sp³-hybridized carbons (Fsp3) is 1.00. The van der Waals surface area contributed by atoms with Crippen LogP contribution in [0.3, 0.4) is 0 Å². The van der Waals surface area contributed by atoms with Crippen molar-refractivity contribution in [2.24, 2.45) is 47.3 Å². The van der Waals surface area contributed by atoms with Gasteiger partial charge in [0, 0.05) is 6.61 Å². The highest BCUT2D eigenvalue weighted by Gasteiger charge is 2.40. The highest BCUT2D eigenvalue weighted by Crippen LogP contribution is 2.49. The van der Waals surface area contributed by atoms with E-state index in [0.717, 1.165) is 41.4 Å². The van der Waals surface area contributed by atoms with Crippen LogP contribution in [0.15, 0.2) is 0 Å². The second kappa shape index (κ2) is 11.4. The zero-order valence-corrected chi connectivity index (χ0v) is 19.4. The third kappa shape index (κ3) is 5.77. The summed E-state index contributed by atoms with van der Waals surface area (Å²) in [4.78, 5) is 0. The minimum atomic E-state index is 0.424. The molecule has 0 aromatic carbocycles. The Hall–Kier alpha value is -0.0400. The van der Waals surface area contributed by atoms with Gasteiger partial charge in [-0.05, 0) is 79.4 Å². The molecule has 0 aliphatic heterocycles. The lowest BCUT2D eigenvalue weighted by Gasteiger charge is -2.46. The molecule has 0 aromatic heterocycles. The topological polar surface area (TPSA) is 20.2 Å². The maximum absolute atomic E-state index is 9.63. The van der Waals surface area contributed by atoms with E-state index < -0.39 is 0 Å². The van der Waals surface area contributed by atoms with Crippen LogP contribution in [-0.2, 0) is 0 Å². The van der Waals surface area contributed by atoms with E-state index in [1.807, 2.05) is 0 Å². The van der Waals surface area contributed by atoms with E-state index in [0.29, 0.717) is 12.5 Å². The fourth-order valence-electron chi connectivity index (χ4n) is 7.66. The molecule has 164 valence electrons. The number of hydrogen-bond donors (Lipinski definition) is 1. The maximum atomic E-state index is 9.63. The van der Waals surface area contributed by atoms with Crippen LogP contribution in [0.25, 0.3) is 0 Å². The van der Waals surface area contributed by atoms with Crippen LogP contribution in [0, 0.1) is 47.3 Å². The molecule has 1 heteroatoms. The molecule has 1 nitrogen and oxygen atoms in total. The molecule has 3 rings (SSSR count). The van der Waals surface area contributed by atoms with E-state index in [1.54, 1.807) is 0 Å². The Balaban J connectivity index is 1.47. The van der Waals surface area contributed by atoms with E-state index in [2.05, 4.69) is 20.8 Å². The first kappa shape index (κ1) is 22.6. The summed E-state index contributed by atoms with van der Waals surface area (Å²) in [5.41, 5.74) is 0. The lowest BCUT2D eigenvalue weighted by Crippen LogP contribution is -2.37. The van der Waals surface area contributed by atoms with Gasteiger partial charge in [-0.1, -0.05) is 85.0 Å². The standard InChI is InChI=1S/C27H50O/c1-4-20-7-9-21(10-8-20)11-12-22-13-15-26(24(5-2)17-22)27-16-14-23(19-28)18-25(27)6-3/h20-28H,4-19H2,1-3H3. The second-order valence-corrected chi connectivity index (χ2v) is 11.1. The van der Waals surface area contributed by atoms with Crippen molar-refractivity contribution in [3.63, 3.8) is 0 Å². The van der Waals surface area contributed by atoms with Gasteiger partial charge in [-0.15, -0.1) is 0 Å². The summed E-state index contributed by atoms with van der Waals surface area (Å²) in [7, 11) is 0. The van der Waals surface area contributed by atoms with Crippen LogP contribution in [0.4, 0.5) is 0 Å². The van der Waals surface area contributed by atoms with E-state index in [9.17, 15) is 5.11 Å². The van der Waals surface area contributed by atoms with Gasteiger partial charge in [-0.3, -0.25) is 0 Å². The number of aliphatic hydroxyl groups is 1. The molecule has 6 unspecified atom stereocenters. The normalized spacial score (nSPS) is 42.4. The van der Waals surface area contributed by atoms with Crippen molar-refractivity contribution < 1.29 is 5.11 Å². The summed E-state index contributed by atoms with van der Waals surface area (Å²) in [5.74, 6) is 7.55. The molecule has 3 fully saturated rings. The number of hydrogen-bond acceptors (Lipinski definition) is 1. The first-order chi connectivity index (χ1) is 13.7. The molecule has 0 heterocycles. The van der Waals surface area contributed by atoms with Gasteiger partial charge in [0.15, 0.2) is 0 Å². The van der Waals surface area contributed by atoms with E-state index in [4.69, 9.17) is 0 Å². The third-order valence-corrected chi connectivity index (χ3v) is 9.68. The van der Waals surface area contributed by atoms with Gasteiger partial charge in [0.25, 0.3) is 0 Å². The lowest BCUT2D eigenvalue weighted by molar-refractivity contribution is 0.0283. The Morgan fingerprint density at radius 1 is 0.536 bits per heavy atom. The van der Waals surface area contributed by atoms with Gasteiger partial charge in [-0.2, -0.15) is 0 Å². The highest BCUT2D eigenvalue weighted by atomic mass is 16.3. The summed E-state index contributed by atoms with van der Waals surface area (Å²) in [6.45, 7) is 7.67. The molecule has 3 saturated carbocycles. The van der Waals surface area contributed by atoms with Crippen molar-refractivity contribution in [1.82, 2.24) is 0 Å². The Kier molecular flexibility index (Phi) is 9.20. The Morgan fingerprint density at radius 2 is 1.00 bits per heavy atom. The van der Waals surface area contributed by atoms with Crippen molar-refractivity contribution in [3.8, 4) is 0 Å². The quantitative estimate of drug-likeness (QED) is 0.447. The zero-order chi connectivity index (χ0) is 19.9. The van der Waals surface area contributed by atoms with Gasteiger partial charge >= 0.3 is 0 Å². The molecule has 6 atom stereocenters. The van der Waals surface area contributed by atoms with Crippen molar-refractivity contribution in [1.29, 1.82) is 0 Å². The van der Waals surface area contributed by atoms with Gasteiger partial charge in [0.1, 0.15) is 0 Å². The largest absolute Gasteiger partial charge is 0.396 e. The highest BCUT2D eigenvalue weighted by molar-refractivity contribution is 4.90. The third-order valence-electron chi connectivity index (χ3n) is 9.68. The van der Waals surface area contributed by atoms with Gasteiger partial charge in [0.2, 0.25) is 0 Å². The predicted molar refractivity (Wildman–Crippen MR) is 121 cm³/mol. The van der Waals surface area contributed by atoms with Crippen LogP contribution in [0.1, 0.15) is 117 Å². The first-order valence-electron chi connectivity index (χ1n) is 13.3. The van der Waals surface area contributed by atoms with Crippen molar-refractivity contribution in [2.45, 2.75) is 117 Å². The van der Waals surface area contributed by atoms with Crippen LogP contribution in [0.5, 0.6) is 0 Å². The molecule has 0 radical (unpaired) electrons. The molecule has 28 heavy (non-hydrogen) atoms. The summed E-state index contributed by atoms with van der Waals surface area (Å²) in [6.07, 6.45) is 21.8. The molecule has 0 spiro atoms. The van der Waals surface area contributed by atoms with E-state index in [-0.39, 0.29) is 0 Å². The molecular formula is C27H50O. The summed E-state index contributed by atoms with van der Waals surface area (Å²) in [6, 6.07) is 0. The van der Waals surface area contributed by atoms with Crippen LogP contribution in [0.2, 0.25) is 0 Å². The molecule has 0 aromatic rings. The van der Waals surface area contributed by atoms with Crippen LogP contribution in [-0.4, -0.2) is 11.7 Å². The zero-order valence-electron chi connectivity index (χ0n) is 19.4. The Morgan fingerprint density at radius 3 is 1.54 bits per heavy atom. The van der Waals surface area contributed by atoms with Crippen LogP contribution >= 0.6 is 0 Å². The molecular weight excluding hydrogens is 340 g/mol. The van der Waals surface area contributed by atoms with Crippen molar-refractivity contribution >= 4 is 0 Å². The number of rotatable bonds is 8. The second-order valence-electron chi connectivity index (χ2n) is 11.1. The predicted octanol–water partition coefficient (Wildman–Crippen LogP) is 7.86. The first-order valence-corrected chi connectivity index (χ1v) is 13.3. The molecule has 3 aliphatic carbocycles. The number of aliphatic hydroxyl groups excluding tert-OH is 1. The molecule has 0 amide bonds. The summed E-state index contributed by atoms with van der Waals surface area (Å²) >= 11 is 0. The summed E-state index contributed by atoms with van der Waals surface area (Å²) in [5, 5.41) is 9.63. The van der Waals surface area contributed by atoms with Gasteiger partial charge in [-0.25, -0.2) is 0 Å². The smallest absolute Gasteiger partial charge is 0.0459 e. The molecule has 1 N–H and O–H groups in total. The van der Waals surface area contributed by atoms with Crippen molar-refractivity contribution in [2.75, 3.05) is 6.61 Å². The Bertz CT molecular complexity index is 424. The van der Waals surface area contributed by atoms with Gasteiger partial charge in [0.05, 0.1) is 0 Å². The minimum absolute atomic E-state index is 0.424. The van der Waals surface area contributed by atoms with E-state index >= 15 is 0 Å². The fourth-order valence-corrected chi connectivity index (χ4v) is 7.66. The average molecular weight is 391 g/mol. The monoisotopic (exact) mass is 390 g/mol. The lowest BCUT2D eigenvalue weighted by atomic mass is 9.59.